The summed E-state index contributed by atoms with van der Waals surface area (Å²) in [5.41, 5.74) is 8.77. The molecular weight excluding hydrogens is 188 g/mol. The van der Waals surface area contributed by atoms with Crippen LogP contribution >= 0.6 is 0 Å². The zero-order valence-corrected chi connectivity index (χ0v) is 8.90. The molecule has 3 nitrogen and oxygen atoms in total. The molecule has 0 fully saturated rings. The van der Waals surface area contributed by atoms with Gasteiger partial charge >= 0.3 is 0 Å². The minimum absolute atomic E-state index is 0.811. The summed E-state index contributed by atoms with van der Waals surface area (Å²) in [6.07, 6.45) is 3.92. The molecule has 0 amide bonds. The second kappa shape index (κ2) is 3.69. The number of rotatable bonds is 2. The van der Waals surface area contributed by atoms with Gasteiger partial charge < -0.3 is 15.0 Å². The number of aryl methyl sites for hydroxylation is 1. The molecule has 3 heteroatoms. The molecule has 0 bridgehead atoms. The minimum Gasteiger partial charge on any atom is -0.497 e. The van der Waals surface area contributed by atoms with Crippen molar-refractivity contribution in [3.63, 3.8) is 0 Å². The fourth-order valence-electron chi connectivity index (χ4n) is 1.48. The van der Waals surface area contributed by atoms with E-state index in [0.717, 1.165) is 22.7 Å². The van der Waals surface area contributed by atoms with Gasteiger partial charge in [0.25, 0.3) is 0 Å². The lowest BCUT2D eigenvalue weighted by molar-refractivity contribution is 0.415. The van der Waals surface area contributed by atoms with Crippen molar-refractivity contribution in [2.24, 2.45) is 0 Å². The van der Waals surface area contributed by atoms with Crippen molar-refractivity contribution in [2.45, 2.75) is 6.92 Å². The van der Waals surface area contributed by atoms with Crippen molar-refractivity contribution in [3.8, 4) is 11.4 Å². The highest BCUT2D eigenvalue weighted by molar-refractivity contribution is 5.49. The summed E-state index contributed by atoms with van der Waals surface area (Å²) in [4.78, 5) is 0. The predicted octanol–water partition coefficient (Wildman–Crippen LogP) is 2.38. The van der Waals surface area contributed by atoms with Crippen LogP contribution in [0.5, 0.6) is 5.75 Å². The number of nitrogens with zero attached hydrogens (tertiary/aromatic N) is 1. The van der Waals surface area contributed by atoms with E-state index in [-0.39, 0.29) is 0 Å². The van der Waals surface area contributed by atoms with Crippen molar-refractivity contribution in [1.82, 2.24) is 4.57 Å². The average Bonchev–Trinajstić information content (AvgIpc) is 2.59. The van der Waals surface area contributed by atoms with Crippen molar-refractivity contribution < 1.29 is 4.74 Å². The third-order valence-corrected chi connectivity index (χ3v) is 2.44. The standard InChI is InChI=1S/C12H14N2O/c1-9-7-14(8-12(9)13)10-3-5-11(15-2)6-4-10/h3-8H,13H2,1-2H3. The van der Waals surface area contributed by atoms with E-state index in [1.54, 1.807) is 7.11 Å². The Kier molecular flexibility index (Phi) is 2.37. The van der Waals surface area contributed by atoms with Gasteiger partial charge in [0.2, 0.25) is 0 Å². The summed E-state index contributed by atoms with van der Waals surface area (Å²) >= 11 is 0. The molecule has 1 aromatic carbocycles. The van der Waals surface area contributed by atoms with Crippen LogP contribution in [0.3, 0.4) is 0 Å². The Morgan fingerprint density at radius 1 is 1.13 bits per heavy atom. The van der Waals surface area contributed by atoms with Crippen LogP contribution in [0.15, 0.2) is 36.7 Å². The number of anilines is 1. The van der Waals surface area contributed by atoms with Crippen LogP contribution in [0.2, 0.25) is 0 Å². The summed E-state index contributed by atoms with van der Waals surface area (Å²) in [6.45, 7) is 2.00. The Hall–Kier alpha value is -1.90. The van der Waals surface area contributed by atoms with Crippen LogP contribution in [-0.4, -0.2) is 11.7 Å². The van der Waals surface area contributed by atoms with Crippen LogP contribution in [0.25, 0.3) is 5.69 Å². The van der Waals surface area contributed by atoms with Gasteiger partial charge in [-0.3, -0.25) is 0 Å². The highest BCUT2D eigenvalue weighted by Crippen LogP contribution is 2.19. The first-order valence-electron chi connectivity index (χ1n) is 4.79. The van der Waals surface area contributed by atoms with Gasteiger partial charge in [-0.25, -0.2) is 0 Å². The van der Waals surface area contributed by atoms with Gasteiger partial charge in [-0.15, -0.1) is 0 Å². The quantitative estimate of drug-likeness (QED) is 0.812. The van der Waals surface area contributed by atoms with E-state index in [9.17, 15) is 0 Å². The maximum Gasteiger partial charge on any atom is 0.119 e. The lowest BCUT2D eigenvalue weighted by Crippen LogP contribution is -1.90. The van der Waals surface area contributed by atoms with Gasteiger partial charge in [0.05, 0.1) is 12.8 Å². The van der Waals surface area contributed by atoms with E-state index in [4.69, 9.17) is 10.5 Å². The molecule has 0 aliphatic heterocycles. The highest BCUT2D eigenvalue weighted by Gasteiger charge is 2.00. The summed E-state index contributed by atoms with van der Waals surface area (Å²) in [7, 11) is 1.66. The van der Waals surface area contributed by atoms with E-state index >= 15 is 0 Å². The molecule has 0 atom stereocenters. The smallest absolute Gasteiger partial charge is 0.119 e. The molecule has 0 spiro atoms. The first-order valence-corrected chi connectivity index (χ1v) is 4.79. The van der Waals surface area contributed by atoms with E-state index in [1.807, 2.05) is 48.1 Å². The number of aromatic nitrogens is 1. The van der Waals surface area contributed by atoms with Gasteiger partial charge in [0.15, 0.2) is 0 Å². The van der Waals surface area contributed by atoms with Gasteiger partial charge in [-0.1, -0.05) is 0 Å². The summed E-state index contributed by atoms with van der Waals surface area (Å²) in [5, 5.41) is 0. The first-order chi connectivity index (χ1) is 7.20. The van der Waals surface area contributed by atoms with Gasteiger partial charge in [-0.05, 0) is 36.8 Å². The number of methoxy groups -OCH3 is 1. The fourth-order valence-corrected chi connectivity index (χ4v) is 1.48. The van der Waals surface area contributed by atoms with E-state index < -0.39 is 0 Å². The molecule has 1 aromatic heterocycles. The molecule has 2 rings (SSSR count). The molecule has 0 unspecified atom stereocenters. The summed E-state index contributed by atoms with van der Waals surface area (Å²) < 4.78 is 7.10. The average molecular weight is 202 g/mol. The Labute approximate surface area is 89.1 Å². The molecule has 2 N–H and O–H groups in total. The molecule has 0 saturated carbocycles. The maximum absolute atomic E-state index is 5.79. The number of hydrogen-bond acceptors (Lipinski definition) is 2. The van der Waals surface area contributed by atoms with Crippen LogP contribution in [0.1, 0.15) is 5.56 Å². The van der Waals surface area contributed by atoms with Gasteiger partial charge in [0, 0.05) is 18.1 Å². The summed E-state index contributed by atoms with van der Waals surface area (Å²) in [5.74, 6) is 0.857. The normalized spacial score (nSPS) is 10.3. The largest absolute Gasteiger partial charge is 0.497 e. The molecule has 0 aliphatic rings. The molecule has 0 aliphatic carbocycles. The first kappa shape index (κ1) is 9.65. The van der Waals surface area contributed by atoms with Crippen molar-refractivity contribution >= 4 is 5.69 Å². The fraction of sp³-hybridized carbons (Fsp3) is 0.167. The second-order valence-electron chi connectivity index (χ2n) is 3.50. The third kappa shape index (κ3) is 1.81. The number of benzene rings is 1. The second-order valence-corrected chi connectivity index (χ2v) is 3.50. The number of nitrogens with two attached hydrogens (primary N) is 1. The molecule has 0 radical (unpaired) electrons. The molecule has 78 valence electrons. The summed E-state index contributed by atoms with van der Waals surface area (Å²) in [6, 6.07) is 7.86. The number of hydrogen-bond donors (Lipinski definition) is 1. The monoisotopic (exact) mass is 202 g/mol. The third-order valence-electron chi connectivity index (χ3n) is 2.44. The van der Waals surface area contributed by atoms with Crippen LogP contribution in [0, 0.1) is 6.92 Å². The zero-order chi connectivity index (χ0) is 10.8. The lowest BCUT2D eigenvalue weighted by Gasteiger charge is -2.04. The van der Waals surface area contributed by atoms with Crippen LogP contribution in [-0.2, 0) is 0 Å². The topological polar surface area (TPSA) is 40.2 Å². The van der Waals surface area contributed by atoms with Crippen molar-refractivity contribution in [3.05, 3.63) is 42.2 Å². The molecule has 2 aromatic rings. The molecule has 15 heavy (non-hydrogen) atoms. The molecule has 0 saturated heterocycles. The Morgan fingerprint density at radius 2 is 1.80 bits per heavy atom. The van der Waals surface area contributed by atoms with E-state index in [2.05, 4.69) is 0 Å². The molecular formula is C12H14N2O. The Bertz CT molecular complexity index is 437. The van der Waals surface area contributed by atoms with Gasteiger partial charge in [-0.2, -0.15) is 0 Å². The Balaban J connectivity index is 2.37. The zero-order valence-electron chi connectivity index (χ0n) is 8.90. The lowest BCUT2D eigenvalue weighted by atomic mass is 10.3. The highest BCUT2D eigenvalue weighted by atomic mass is 16.5. The minimum atomic E-state index is 0.811. The van der Waals surface area contributed by atoms with Crippen molar-refractivity contribution in [2.75, 3.05) is 12.8 Å². The van der Waals surface area contributed by atoms with Crippen LogP contribution in [0.4, 0.5) is 5.69 Å². The predicted molar refractivity (Wildman–Crippen MR) is 61.5 cm³/mol. The number of ether oxygens (including phenoxy) is 1. The number of nitrogen functional groups attached to an aromatic ring is 1. The van der Waals surface area contributed by atoms with Crippen LogP contribution < -0.4 is 10.5 Å². The Morgan fingerprint density at radius 3 is 2.27 bits per heavy atom. The maximum atomic E-state index is 5.79. The van der Waals surface area contributed by atoms with Gasteiger partial charge in [0.1, 0.15) is 5.75 Å². The SMILES string of the molecule is COc1ccc(-n2cc(C)c(N)c2)cc1. The van der Waals surface area contributed by atoms with E-state index in [0.29, 0.717) is 0 Å². The molecule has 1 heterocycles. The van der Waals surface area contributed by atoms with Crippen molar-refractivity contribution in [1.29, 1.82) is 0 Å². The van der Waals surface area contributed by atoms with E-state index in [1.165, 1.54) is 0 Å².